The Labute approximate surface area is 167 Å². The van der Waals surface area contributed by atoms with Gasteiger partial charge >= 0.3 is 0 Å². The number of likely N-dealkylation sites (N-methyl/N-ethyl adjacent to an activating group) is 1. The molecule has 0 bridgehead atoms. The third-order valence-electron chi connectivity index (χ3n) is 5.57. The fourth-order valence-corrected chi connectivity index (χ4v) is 4.02. The van der Waals surface area contributed by atoms with Crippen molar-refractivity contribution in [1.29, 1.82) is 0 Å². The van der Waals surface area contributed by atoms with Gasteiger partial charge in [0.2, 0.25) is 11.8 Å². The van der Waals surface area contributed by atoms with Gasteiger partial charge in [0.05, 0.1) is 23.8 Å². The Morgan fingerprint density at radius 3 is 2.44 bits per heavy atom. The number of rotatable bonds is 8. The van der Waals surface area contributed by atoms with E-state index in [1.165, 1.54) is 49.8 Å². The molecular weight excluding hydrogens is 362 g/mol. The third-order valence-corrected chi connectivity index (χ3v) is 5.90. The number of anilines is 1. The van der Waals surface area contributed by atoms with Crippen LogP contribution in [0.1, 0.15) is 44.9 Å². The van der Waals surface area contributed by atoms with Crippen molar-refractivity contribution in [3.8, 4) is 0 Å². The van der Waals surface area contributed by atoms with Crippen molar-refractivity contribution in [2.24, 2.45) is 5.92 Å². The molecule has 2 aliphatic carbocycles. The van der Waals surface area contributed by atoms with Gasteiger partial charge in [-0.15, -0.1) is 0 Å². The van der Waals surface area contributed by atoms with Gasteiger partial charge in [0.1, 0.15) is 0 Å². The number of benzene rings is 1. The van der Waals surface area contributed by atoms with Crippen molar-refractivity contribution < 1.29 is 9.59 Å². The molecule has 5 nitrogen and oxygen atoms in total. The monoisotopic (exact) mass is 391 g/mol. The summed E-state index contributed by atoms with van der Waals surface area (Å²) in [6, 6.07) is 7.66. The fraction of sp³-hybridized carbons (Fsp3) is 0.619. The molecule has 2 amide bonds. The quantitative estimate of drug-likeness (QED) is 0.733. The van der Waals surface area contributed by atoms with Crippen molar-refractivity contribution >= 4 is 29.1 Å². The summed E-state index contributed by atoms with van der Waals surface area (Å²) in [5.41, 5.74) is 0.571. The lowest BCUT2D eigenvalue weighted by molar-refractivity contribution is -0.134. The molecule has 2 aliphatic rings. The number of amides is 2. The molecule has 6 heteroatoms. The molecule has 0 heterocycles. The van der Waals surface area contributed by atoms with Gasteiger partial charge in [-0.1, -0.05) is 43.0 Å². The molecule has 0 unspecified atom stereocenters. The Hall–Kier alpha value is -1.59. The van der Waals surface area contributed by atoms with E-state index >= 15 is 0 Å². The van der Waals surface area contributed by atoms with Gasteiger partial charge in [0.15, 0.2) is 0 Å². The lowest BCUT2D eigenvalue weighted by Crippen LogP contribution is -2.44. The van der Waals surface area contributed by atoms with Gasteiger partial charge in [0, 0.05) is 19.6 Å². The number of hydrogen-bond donors (Lipinski definition) is 1. The van der Waals surface area contributed by atoms with E-state index in [0.717, 1.165) is 12.5 Å². The number of para-hydroxylation sites is 1. The largest absolute Gasteiger partial charge is 0.335 e. The second kappa shape index (κ2) is 9.56. The van der Waals surface area contributed by atoms with Gasteiger partial charge in [-0.25, -0.2) is 0 Å². The molecule has 0 aliphatic heterocycles. The minimum Gasteiger partial charge on any atom is -0.335 e. The first-order chi connectivity index (χ1) is 13.0. The molecule has 0 aromatic heterocycles. The summed E-state index contributed by atoms with van der Waals surface area (Å²) >= 11 is 6.07. The van der Waals surface area contributed by atoms with E-state index in [1.807, 2.05) is 12.1 Å². The van der Waals surface area contributed by atoms with Crippen LogP contribution in [0.5, 0.6) is 0 Å². The maximum Gasteiger partial charge on any atom is 0.244 e. The van der Waals surface area contributed by atoms with E-state index in [4.69, 9.17) is 11.6 Å². The first-order valence-corrected chi connectivity index (χ1v) is 10.4. The van der Waals surface area contributed by atoms with E-state index in [9.17, 15) is 9.59 Å². The molecule has 2 fully saturated rings. The Bertz CT molecular complexity index is 657. The van der Waals surface area contributed by atoms with Gasteiger partial charge in [-0.3, -0.25) is 14.5 Å². The van der Waals surface area contributed by atoms with Crippen LogP contribution in [0.4, 0.5) is 5.69 Å². The average molecular weight is 392 g/mol. The molecule has 0 spiro atoms. The van der Waals surface area contributed by atoms with Crippen molar-refractivity contribution in [1.82, 2.24) is 9.80 Å². The molecule has 1 aromatic carbocycles. The van der Waals surface area contributed by atoms with E-state index in [-0.39, 0.29) is 18.4 Å². The Balaban J connectivity index is 1.48. The van der Waals surface area contributed by atoms with Gasteiger partial charge in [-0.2, -0.15) is 0 Å². The third kappa shape index (κ3) is 6.22. The van der Waals surface area contributed by atoms with E-state index < -0.39 is 0 Å². The molecule has 3 rings (SSSR count). The molecule has 2 saturated carbocycles. The summed E-state index contributed by atoms with van der Waals surface area (Å²) < 4.78 is 0. The summed E-state index contributed by atoms with van der Waals surface area (Å²) in [6.45, 7) is 1.47. The van der Waals surface area contributed by atoms with Crippen molar-refractivity contribution in [3.05, 3.63) is 29.3 Å². The highest BCUT2D eigenvalue weighted by Gasteiger charge is 2.32. The summed E-state index contributed by atoms with van der Waals surface area (Å²) in [6.07, 6.45) is 8.94. The van der Waals surface area contributed by atoms with E-state index in [0.29, 0.717) is 23.3 Å². The minimum absolute atomic E-state index is 0.00650. The standard InChI is InChI=1S/C21H30ClN3O2/c1-24(14-20(26)23-19-10-6-5-9-18(19)22)21(27)15-25(17-11-12-17)13-16-7-3-2-4-8-16/h5-6,9-10,16-17H,2-4,7-8,11-15H2,1H3,(H,23,26). The molecule has 0 saturated heterocycles. The zero-order valence-electron chi connectivity index (χ0n) is 16.1. The Kier molecular flexibility index (Phi) is 7.13. The fourth-order valence-electron chi connectivity index (χ4n) is 3.83. The number of nitrogens with zero attached hydrogens (tertiary/aromatic N) is 2. The summed E-state index contributed by atoms with van der Waals surface area (Å²) in [5.74, 6) is 0.497. The molecular formula is C21H30ClN3O2. The predicted octanol–water partition coefficient (Wildman–Crippen LogP) is 3.78. The lowest BCUT2D eigenvalue weighted by Gasteiger charge is -2.30. The maximum absolute atomic E-state index is 12.7. The van der Waals surface area contributed by atoms with Gasteiger partial charge in [-0.05, 0) is 43.7 Å². The number of carbonyl (C=O) groups is 2. The van der Waals surface area contributed by atoms with Crippen LogP contribution in [0.3, 0.4) is 0 Å². The van der Waals surface area contributed by atoms with Crippen molar-refractivity contribution in [2.75, 3.05) is 32.0 Å². The molecule has 0 radical (unpaired) electrons. The first-order valence-electron chi connectivity index (χ1n) is 10.1. The lowest BCUT2D eigenvalue weighted by atomic mass is 9.89. The predicted molar refractivity (Wildman–Crippen MR) is 109 cm³/mol. The Morgan fingerprint density at radius 2 is 1.78 bits per heavy atom. The van der Waals surface area contributed by atoms with Crippen molar-refractivity contribution in [2.45, 2.75) is 51.0 Å². The normalized spacial score (nSPS) is 17.7. The summed E-state index contributed by atoms with van der Waals surface area (Å²) in [7, 11) is 1.69. The Morgan fingerprint density at radius 1 is 1.07 bits per heavy atom. The molecule has 27 heavy (non-hydrogen) atoms. The van der Waals surface area contributed by atoms with Crippen LogP contribution < -0.4 is 5.32 Å². The van der Waals surface area contributed by atoms with Crippen LogP contribution in [-0.4, -0.2) is 54.3 Å². The number of hydrogen-bond acceptors (Lipinski definition) is 3. The highest BCUT2D eigenvalue weighted by atomic mass is 35.5. The van der Waals surface area contributed by atoms with E-state index in [2.05, 4.69) is 10.2 Å². The second-order valence-corrected chi connectivity index (χ2v) is 8.35. The minimum atomic E-state index is -0.232. The summed E-state index contributed by atoms with van der Waals surface area (Å²) in [4.78, 5) is 28.8. The molecule has 148 valence electrons. The number of nitrogens with one attached hydrogen (secondary N) is 1. The smallest absolute Gasteiger partial charge is 0.244 e. The zero-order valence-corrected chi connectivity index (χ0v) is 16.9. The molecule has 0 atom stereocenters. The highest BCUT2D eigenvalue weighted by molar-refractivity contribution is 6.33. The summed E-state index contributed by atoms with van der Waals surface area (Å²) in [5, 5.41) is 3.26. The average Bonchev–Trinajstić information content (AvgIpc) is 3.49. The van der Waals surface area contributed by atoms with Crippen LogP contribution >= 0.6 is 11.6 Å². The molecule has 1 aromatic rings. The van der Waals surface area contributed by atoms with Crippen LogP contribution in [0.15, 0.2) is 24.3 Å². The first kappa shape index (κ1) is 20.2. The van der Waals surface area contributed by atoms with Crippen LogP contribution in [0.25, 0.3) is 0 Å². The zero-order chi connectivity index (χ0) is 19.2. The van der Waals surface area contributed by atoms with Crippen LogP contribution in [-0.2, 0) is 9.59 Å². The second-order valence-electron chi connectivity index (χ2n) is 7.94. The highest BCUT2D eigenvalue weighted by Crippen LogP contribution is 2.31. The number of carbonyl (C=O) groups excluding carboxylic acids is 2. The van der Waals surface area contributed by atoms with E-state index in [1.54, 1.807) is 19.2 Å². The molecule has 1 N–H and O–H groups in total. The topological polar surface area (TPSA) is 52.7 Å². The maximum atomic E-state index is 12.7. The van der Waals surface area contributed by atoms with Crippen LogP contribution in [0, 0.1) is 5.92 Å². The van der Waals surface area contributed by atoms with Crippen molar-refractivity contribution in [3.63, 3.8) is 0 Å². The van der Waals surface area contributed by atoms with Gasteiger partial charge < -0.3 is 10.2 Å². The number of halogens is 1. The van der Waals surface area contributed by atoms with Gasteiger partial charge in [0.25, 0.3) is 0 Å². The SMILES string of the molecule is CN(CC(=O)Nc1ccccc1Cl)C(=O)CN(CC1CCCCC1)C1CC1. The van der Waals surface area contributed by atoms with Crippen LogP contribution in [0.2, 0.25) is 5.02 Å².